The molecule has 0 spiro atoms. The van der Waals surface area contributed by atoms with Crippen LogP contribution in [0.5, 0.6) is 0 Å². The van der Waals surface area contributed by atoms with Gasteiger partial charge in [-0.2, -0.15) is 5.10 Å². The third-order valence-corrected chi connectivity index (χ3v) is 4.38. The van der Waals surface area contributed by atoms with Gasteiger partial charge in [-0.05, 0) is 12.5 Å². The third-order valence-electron chi connectivity index (χ3n) is 4.38. The molecule has 0 radical (unpaired) electrons. The standard InChI is InChI=1S/C18H25N5O2/c1-15(16-5-3-2-4-6-16)23-17(7-8-20-23)21-18(24)19-9-10-22-11-13-25-14-12-22/h2-8,15H,9-14H2,1H3,(H2,19,21,24)/t15-/m1/s1. The molecule has 0 aliphatic carbocycles. The first-order valence-electron chi connectivity index (χ1n) is 8.67. The number of hydrogen-bond acceptors (Lipinski definition) is 4. The van der Waals surface area contributed by atoms with Crippen molar-refractivity contribution in [3.63, 3.8) is 0 Å². The number of anilines is 1. The van der Waals surface area contributed by atoms with Gasteiger partial charge in [0.05, 0.1) is 25.5 Å². The number of nitrogens with zero attached hydrogens (tertiary/aromatic N) is 3. The Labute approximate surface area is 148 Å². The molecule has 2 aromatic rings. The van der Waals surface area contributed by atoms with Crippen molar-refractivity contribution in [2.75, 3.05) is 44.7 Å². The summed E-state index contributed by atoms with van der Waals surface area (Å²) in [6.45, 7) is 6.87. The lowest BCUT2D eigenvalue weighted by atomic mass is 10.1. The van der Waals surface area contributed by atoms with Gasteiger partial charge in [-0.1, -0.05) is 30.3 Å². The summed E-state index contributed by atoms with van der Waals surface area (Å²) in [5, 5.41) is 10.1. The number of urea groups is 1. The molecule has 3 rings (SSSR count). The molecule has 2 N–H and O–H groups in total. The van der Waals surface area contributed by atoms with Crippen molar-refractivity contribution in [1.82, 2.24) is 20.0 Å². The Kier molecular flexibility index (Phi) is 6.03. The molecule has 1 aromatic carbocycles. The fraction of sp³-hybridized carbons (Fsp3) is 0.444. The van der Waals surface area contributed by atoms with Crippen molar-refractivity contribution >= 4 is 11.8 Å². The van der Waals surface area contributed by atoms with E-state index in [1.165, 1.54) is 0 Å². The summed E-state index contributed by atoms with van der Waals surface area (Å²) in [6, 6.07) is 11.7. The van der Waals surface area contributed by atoms with Crippen LogP contribution in [0.1, 0.15) is 18.5 Å². The maximum atomic E-state index is 12.2. The number of carbonyl (C=O) groups excluding carboxylic acids is 1. The van der Waals surface area contributed by atoms with E-state index < -0.39 is 0 Å². The van der Waals surface area contributed by atoms with E-state index in [-0.39, 0.29) is 12.1 Å². The molecule has 25 heavy (non-hydrogen) atoms. The van der Waals surface area contributed by atoms with E-state index in [0.29, 0.717) is 12.4 Å². The zero-order chi connectivity index (χ0) is 17.5. The number of morpholine rings is 1. The second-order valence-corrected chi connectivity index (χ2v) is 6.08. The Morgan fingerprint density at radius 2 is 2.00 bits per heavy atom. The number of benzene rings is 1. The fourth-order valence-corrected chi connectivity index (χ4v) is 2.91. The highest BCUT2D eigenvalue weighted by atomic mass is 16.5. The van der Waals surface area contributed by atoms with Gasteiger partial charge in [0.25, 0.3) is 0 Å². The minimum Gasteiger partial charge on any atom is -0.379 e. The second-order valence-electron chi connectivity index (χ2n) is 6.08. The smallest absolute Gasteiger partial charge is 0.320 e. The Balaban J connectivity index is 1.51. The van der Waals surface area contributed by atoms with E-state index in [1.807, 2.05) is 22.9 Å². The number of aromatic nitrogens is 2. The molecule has 0 bridgehead atoms. The van der Waals surface area contributed by atoms with Gasteiger partial charge in [0.1, 0.15) is 5.82 Å². The highest BCUT2D eigenvalue weighted by Crippen LogP contribution is 2.21. The van der Waals surface area contributed by atoms with E-state index in [2.05, 4.69) is 39.7 Å². The Morgan fingerprint density at radius 3 is 2.76 bits per heavy atom. The molecule has 1 aromatic heterocycles. The van der Waals surface area contributed by atoms with Gasteiger partial charge in [-0.15, -0.1) is 0 Å². The molecule has 0 saturated carbocycles. The highest BCUT2D eigenvalue weighted by molar-refractivity contribution is 5.88. The van der Waals surface area contributed by atoms with Gasteiger partial charge in [0.15, 0.2) is 0 Å². The van der Waals surface area contributed by atoms with Gasteiger partial charge in [0, 0.05) is 32.2 Å². The average molecular weight is 343 g/mol. The SMILES string of the molecule is C[C@H](c1ccccc1)n1nccc1NC(=O)NCCN1CCOCC1. The van der Waals surface area contributed by atoms with Crippen molar-refractivity contribution in [2.45, 2.75) is 13.0 Å². The molecule has 134 valence electrons. The molecular formula is C18H25N5O2. The summed E-state index contributed by atoms with van der Waals surface area (Å²) in [4.78, 5) is 14.4. The Morgan fingerprint density at radius 1 is 1.24 bits per heavy atom. The van der Waals surface area contributed by atoms with Crippen LogP contribution in [0.3, 0.4) is 0 Å². The van der Waals surface area contributed by atoms with Crippen LogP contribution in [0, 0.1) is 0 Å². The van der Waals surface area contributed by atoms with Crippen LogP contribution in [0.25, 0.3) is 0 Å². The molecular weight excluding hydrogens is 318 g/mol. The van der Waals surface area contributed by atoms with Crippen molar-refractivity contribution < 1.29 is 9.53 Å². The molecule has 7 nitrogen and oxygen atoms in total. The largest absolute Gasteiger partial charge is 0.379 e. The molecule has 0 unspecified atom stereocenters. The summed E-state index contributed by atoms with van der Waals surface area (Å²) in [7, 11) is 0. The quantitative estimate of drug-likeness (QED) is 0.841. The lowest BCUT2D eigenvalue weighted by Gasteiger charge is -2.26. The minimum absolute atomic E-state index is 0.0415. The number of rotatable bonds is 6. The van der Waals surface area contributed by atoms with Gasteiger partial charge >= 0.3 is 6.03 Å². The Hall–Kier alpha value is -2.38. The minimum atomic E-state index is -0.213. The first-order chi connectivity index (χ1) is 12.2. The van der Waals surface area contributed by atoms with E-state index in [0.717, 1.165) is 38.4 Å². The zero-order valence-electron chi connectivity index (χ0n) is 14.5. The molecule has 2 heterocycles. The average Bonchev–Trinajstić information content (AvgIpc) is 3.10. The summed E-state index contributed by atoms with van der Waals surface area (Å²) >= 11 is 0. The van der Waals surface area contributed by atoms with Crippen molar-refractivity contribution in [1.29, 1.82) is 0 Å². The van der Waals surface area contributed by atoms with Crippen LogP contribution in [0.2, 0.25) is 0 Å². The van der Waals surface area contributed by atoms with Gasteiger partial charge in [-0.3, -0.25) is 10.2 Å². The number of amides is 2. The molecule has 2 amide bonds. The monoisotopic (exact) mass is 343 g/mol. The topological polar surface area (TPSA) is 71.4 Å². The fourth-order valence-electron chi connectivity index (χ4n) is 2.91. The van der Waals surface area contributed by atoms with Gasteiger partial charge in [0.2, 0.25) is 0 Å². The van der Waals surface area contributed by atoms with Crippen LogP contribution >= 0.6 is 0 Å². The molecule has 1 fully saturated rings. The Bertz CT molecular complexity index is 667. The molecule has 1 aliphatic heterocycles. The maximum absolute atomic E-state index is 12.2. The summed E-state index contributed by atoms with van der Waals surface area (Å²) in [5.41, 5.74) is 1.14. The zero-order valence-corrected chi connectivity index (χ0v) is 14.5. The molecule has 1 saturated heterocycles. The molecule has 1 atom stereocenters. The van der Waals surface area contributed by atoms with Crippen LogP contribution in [-0.2, 0) is 4.74 Å². The van der Waals surface area contributed by atoms with Crippen molar-refractivity contribution in [3.8, 4) is 0 Å². The number of carbonyl (C=O) groups is 1. The normalized spacial score (nSPS) is 16.4. The number of hydrogen-bond donors (Lipinski definition) is 2. The van der Waals surface area contributed by atoms with Gasteiger partial charge < -0.3 is 10.1 Å². The van der Waals surface area contributed by atoms with E-state index in [1.54, 1.807) is 12.3 Å². The van der Waals surface area contributed by atoms with E-state index in [9.17, 15) is 4.79 Å². The first-order valence-corrected chi connectivity index (χ1v) is 8.67. The second kappa shape index (κ2) is 8.64. The maximum Gasteiger partial charge on any atom is 0.320 e. The molecule has 1 aliphatic rings. The van der Waals surface area contributed by atoms with Crippen LogP contribution < -0.4 is 10.6 Å². The number of ether oxygens (including phenoxy) is 1. The van der Waals surface area contributed by atoms with Crippen molar-refractivity contribution in [3.05, 3.63) is 48.2 Å². The third kappa shape index (κ3) is 4.80. The lowest BCUT2D eigenvalue weighted by Crippen LogP contribution is -2.42. The van der Waals surface area contributed by atoms with E-state index in [4.69, 9.17) is 4.74 Å². The number of nitrogens with one attached hydrogen (secondary N) is 2. The summed E-state index contributed by atoms with van der Waals surface area (Å²) in [5.74, 6) is 0.681. The van der Waals surface area contributed by atoms with Crippen LogP contribution in [0.4, 0.5) is 10.6 Å². The van der Waals surface area contributed by atoms with Crippen LogP contribution in [0.15, 0.2) is 42.6 Å². The predicted molar refractivity (Wildman–Crippen MR) is 96.8 cm³/mol. The van der Waals surface area contributed by atoms with E-state index >= 15 is 0 Å². The highest BCUT2D eigenvalue weighted by Gasteiger charge is 2.14. The lowest BCUT2D eigenvalue weighted by molar-refractivity contribution is 0.0388. The first kappa shape index (κ1) is 17.4. The van der Waals surface area contributed by atoms with Crippen molar-refractivity contribution in [2.24, 2.45) is 0 Å². The predicted octanol–water partition coefficient (Wildman–Crippen LogP) is 1.95. The summed E-state index contributed by atoms with van der Waals surface area (Å²) < 4.78 is 7.13. The van der Waals surface area contributed by atoms with Gasteiger partial charge in [-0.25, -0.2) is 9.48 Å². The summed E-state index contributed by atoms with van der Waals surface area (Å²) in [6.07, 6.45) is 1.70. The van der Waals surface area contributed by atoms with Crippen LogP contribution in [-0.4, -0.2) is 60.1 Å². The molecule has 7 heteroatoms.